The van der Waals surface area contributed by atoms with Crippen molar-refractivity contribution in [2.75, 3.05) is 13.2 Å². The molecule has 3 atom stereocenters. The van der Waals surface area contributed by atoms with Crippen LogP contribution in [0.3, 0.4) is 0 Å². The minimum absolute atomic E-state index is 0.0525. The number of amides is 1. The van der Waals surface area contributed by atoms with Gasteiger partial charge in [-0.2, -0.15) is 0 Å². The average molecular weight is 361 g/mol. The van der Waals surface area contributed by atoms with Gasteiger partial charge in [-0.05, 0) is 41.0 Å². The van der Waals surface area contributed by atoms with Gasteiger partial charge in [0.05, 0.1) is 12.1 Å². The Kier molecular flexibility index (Phi) is 3.83. The van der Waals surface area contributed by atoms with Gasteiger partial charge in [-0.15, -0.1) is 0 Å². The number of allylic oxidation sites excluding steroid dienone is 1. The van der Waals surface area contributed by atoms with Crippen LogP contribution in [-0.4, -0.2) is 30.0 Å². The average Bonchev–Trinajstić information content (AvgIpc) is 3.36. The van der Waals surface area contributed by atoms with Crippen LogP contribution in [-0.2, 0) is 4.74 Å². The zero-order valence-corrected chi connectivity index (χ0v) is 15.1. The van der Waals surface area contributed by atoms with Crippen molar-refractivity contribution in [2.24, 2.45) is 11.8 Å². The summed E-state index contributed by atoms with van der Waals surface area (Å²) in [5.41, 5.74) is 3.99. The Hall–Kier alpha value is -2.59. The van der Waals surface area contributed by atoms with Crippen molar-refractivity contribution in [1.29, 1.82) is 0 Å². The van der Waals surface area contributed by atoms with Crippen LogP contribution in [0.4, 0.5) is 4.79 Å². The van der Waals surface area contributed by atoms with Crippen molar-refractivity contribution in [1.82, 2.24) is 5.32 Å². The molecule has 1 fully saturated rings. The second-order valence-corrected chi connectivity index (χ2v) is 7.97. The lowest BCUT2D eigenvalue weighted by Crippen LogP contribution is -2.46. The van der Waals surface area contributed by atoms with Gasteiger partial charge in [0.2, 0.25) is 0 Å². The molecule has 4 heteroatoms. The quantitative estimate of drug-likeness (QED) is 0.813. The number of carbonyl (C=O) groups excluding carboxylic acids is 1. The molecule has 2 aromatic carbocycles. The van der Waals surface area contributed by atoms with Gasteiger partial charge in [-0.1, -0.05) is 60.7 Å². The van der Waals surface area contributed by atoms with Crippen LogP contribution in [0.5, 0.6) is 0 Å². The second kappa shape index (κ2) is 6.24. The summed E-state index contributed by atoms with van der Waals surface area (Å²) in [6.45, 7) is 0.541. The molecule has 4 nitrogen and oxygen atoms in total. The van der Waals surface area contributed by atoms with Crippen molar-refractivity contribution >= 4 is 6.09 Å². The normalized spacial score (nSPS) is 27.4. The van der Waals surface area contributed by atoms with E-state index < -0.39 is 11.7 Å². The highest BCUT2D eigenvalue weighted by Gasteiger charge is 2.47. The SMILES string of the molecule is O=C(NC[C@]1(O)C[C@@H]2C=C[C@H]1C2)OCC1c2ccccc2-c2ccccc21. The monoisotopic (exact) mass is 361 g/mol. The minimum Gasteiger partial charge on any atom is -0.449 e. The molecule has 0 heterocycles. The molecule has 0 saturated heterocycles. The largest absolute Gasteiger partial charge is 0.449 e. The molecule has 2 aromatic rings. The standard InChI is InChI=1S/C23H23NO3/c25-22(24-14-23(26)12-15-9-10-16(23)11-15)27-13-21-19-7-3-1-5-17(19)18-6-2-4-8-20(18)21/h1-10,15-16,21,26H,11-14H2,(H,24,25)/t15-,16+,23-/m1/s1. The highest BCUT2D eigenvalue weighted by atomic mass is 16.5. The molecule has 0 radical (unpaired) electrons. The fourth-order valence-electron chi connectivity index (χ4n) is 5.01. The van der Waals surface area contributed by atoms with E-state index in [1.54, 1.807) is 0 Å². The summed E-state index contributed by atoms with van der Waals surface area (Å²) >= 11 is 0. The first kappa shape index (κ1) is 16.6. The lowest BCUT2D eigenvalue weighted by molar-refractivity contribution is 0.0146. The Bertz CT molecular complexity index is 876. The third-order valence-corrected chi connectivity index (χ3v) is 6.36. The van der Waals surface area contributed by atoms with Crippen molar-refractivity contribution in [3.05, 3.63) is 71.8 Å². The molecular formula is C23H23NO3. The fraction of sp³-hybridized carbons (Fsp3) is 0.348. The van der Waals surface area contributed by atoms with Gasteiger partial charge in [-0.3, -0.25) is 0 Å². The molecule has 0 aromatic heterocycles. The predicted octanol–water partition coefficient (Wildman–Crippen LogP) is 3.85. The Balaban J connectivity index is 1.24. The van der Waals surface area contributed by atoms with E-state index in [1.165, 1.54) is 22.3 Å². The Morgan fingerprint density at radius 2 is 1.74 bits per heavy atom. The number of ether oxygens (including phenoxy) is 1. The molecule has 0 unspecified atom stereocenters. The lowest BCUT2D eigenvalue weighted by Gasteiger charge is -2.29. The van der Waals surface area contributed by atoms with Crippen LogP contribution in [0.15, 0.2) is 60.7 Å². The van der Waals surface area contributed by atoms with Crippen LogP contribution in [0.25, 0.3) is 11.1 Å². The van der Waals surface area contributed by atoms with Crippen LogP contribution >= 0.6 is 0 Å². The van der Waals surface area contributed by atoms with Gasteiger partial charge < -0.3 is 15.2 Å². The zero-order valence-electron chi connectivity index (χ0n) is 15.1. The minimum atomic E-state index is -0.828. The maximum Gasteiger partial charge on any atom is 0.407 e. The summed E-state index contributed by atoms with van der Waals surface area (Å²) in [5.74, 6) is 0.650. The van der Waals surface area contributed by atoms with Crippen LogP contribution in [0, 0.1) is 11.8 Å². The van der Waals surface area contributed by atoms with E-state index in [0.29, 0.717) is 12.5 Å². The van der Waals surface area contributed by atoms with E-state index in [2.05, 4.69) is 41.7 Å². The maximum absolute atomic E-state index is 12.3. The summed E-state index contributed by atoms with van der Waals surface area (Å²) in [6, 6.07) is 16.6. The van der Waals surface area contributed by atoms with Crippen molar-refractivity contribution < 1.29 is 14.6 Å². The molecular weight excluding hydrogens is 338 g/mol. The molecule has 1 saturated carbocycles. The fourth-order valence-corrected chi connectivity index (χ4v) is 5.01. The summed E-state index contributed by atoms with van der Waals surface area (Å²) in [6.07, 6.45) is 5.50. The molecule has 2 bridgehead atoms. The third kappa shape index (κ3) is 2.76. The van der Waals surface area contributed by atoms with Crippen molar-refractivity contribution in [3.63, 3.8) is 0 Å². The Labute approximate surface area is 158 Å². The number of fused-ring (bicyclic) bond motifs is 5. The molecule has 27 heavy (non-hydrogen) atoms. The number of rotatable bonds is 4. The molecule has 138 valence electrons. The number of alkyl carbamates (subject to hydrolysis) is 1. The number of carbonyl (C=O) groups is 1. The van der Waals surface area contributed by atoms with Gasteiger partial charge in [0, 0.05) is 11.8 Å². The first-order chi connectivity index (χ1) is 13.1. The first-order valence-electron chi connectivity index (χ1n) is 9.63. The predicted molar refractivity (Wildman–Crippen MR) is 103 cm³/mol. The number of aliphatic hydroxyl groups is 1. The Morgan fingerprint density at radius 3 is 2.33 bits per heavy atom. The van der Waals surface area contributed by atoms with E-state index in [4.69, 9.17) is 4.74 Å². The highest BCUT2D eigenvalue weighted by Crippen LogP contribution is 2.46. The molecule has 3 aliphatic rings. The van der Waals surface area contributed by atoms with Gasteiger partial charge in [-0.25, -0.2) is 4.79 Å². The molecule has 3 aliphatic carbocycles. The first-order valence-corrected chi connectivity index (χ1v) is 9.63. The van der Waals surface area contributed by atoms with E-state index in [-0.39, 0.29) is 18.4 Å². The second-order valence-electron chi connectivity index (χ2n) is 7.97. The smallest absolute Gasteiger partial charge is 0.407 e. The lowest BCUT2D eigenvalue weighted by atomic mass is 9.88. The van der Waals surface area contributed by atoms with E-state index in [9.17, 15) is 9.90 Å². The number of hydrogen-bond acceptors (Lipinski definition) is 3. The van der Waals surface area contributed by atoms with Gasteiger partial charge in [0.1, 0.15) is 6.61 Å². The van der Waals surface area contributed by atoms with Crippen molar-refractivity contribution in [2.45, 2.75) is 24.4 Å². The topological polar surface area (TPSA) is 58.6 Å². The zero-order chi connectivity index (χ0) is 18.4. The van der Waals surface area contributed by atoms with Crippen molar-refractivity contribution in [3.8, 4) is 11.1 Å². The third-order valence-electron chi connectivity index (χ3n) is 6.36. The highest BCUT2D eigenvalue weighted by molar-refractivity contribution is 5.79. The summed E-state index contributed by atoms with van der Waals surface area (Å²) in [4.78, 5) is 12.3. The molecule has 2 N–H and O–H groups in total. The van der Waals surface area contributed by atoms with E-state index in [0.717, 1.165) is 12.8 Å². The van der Waals surface area contributed by atoms with Gasteiger partial charge in [0.15, 0.2) is 0 Å². The van der Waals surface area contributed by atoms with E-state index >= 15 is 0 Å². The van der Waals surface area contributed by atoms with Crippen LogP contribution in [0.1, 0.15) is 29.9 Å². The molecule has 0 spiro atoms. The number of hydrogen-bond donors (Lipinski definition) is 2. The maximum atomic E-state index is 12.3. The van der Waals surface area contributed by atoms with E-state index in [1.807, 2.05) is 24.3 Å². The number of nitrogens with one attached hydrogen (secondary N) is 1. The summed E-state index contributed by atoms with van der Waals surface area (Å²) in [5, 5.41) is 13.5. The molecule has 0 aliphatic heterocycles. The molecule has 1 amide bonds. The molecule has 5 rings (SSSR count). The Morgan fingerprint density at radius 1 is 1.07 bits per heavy atom. The number of benzene rings is 2. The van der Waals surface area contributed by atoms with Crippen LogP contribution < -0.4 is 5.32 Å². The van der Waals surface area contributed by atoms with Gasteiger partial charge >= 0.3 is 6.09 Å². The van der Waals surface area contributed by atoms with Gasteiger partial charge in [0.25, 0.3) is 0 Å². The summed E-state index contributed by atoms with van der Waals surface area (Å²) < 4.78 is 5.55. The summed E-state index contributed by atoms with van der Waals surface area (Å²) in [7, 11) is 0. The van der Waals surface area contributed by atoms with Crippen LogP contribution in [0.2, 0.25) is 0 Å².